The Bertz CT molecular complexity index is 879. The fourth-order valence-corrected chi connectivity index (χ4v) is 3.36. The van der Waals surface area contributed by atoms with E-state index >= 15 is 0 Å². The molecule has 5 heteroatoms. The average Bonchev–Trinajstić information content (AvgIpc) is 3.23. The number of amides is 1. The third-order valence-electron chi connectivity index (χ3n) is 4.85. The van der Waals surface area contributed by atoms with Crippen LogP contribution in [0.4, 0.5) is 5.69 Å². The van der Waals surface area contributed by atoms with Crippen LogP contribution in [0.2, 0.25) is 0 Å². The zero-order chi connectivity index (χ0) is 17.9. The molecule has 1 fully saturated rings. The number of hydrogen-bond donors (Lipinski definition) is 0. The number of piperazine rings is 1. The van der Waals surface area contributed by atoms with Crippen molar-refractivity contribution in [3.8, 4) is 5.69 Å². The molecule has 3 aromatic rings. The summed E-state index contributed by atoms with van der Waals surface area (Å²) in [5.41, 5.74) is 4.24. The number of aryl methyl sites for hydroxylation is 1. The van der Waals surface area contributed by atoms with E-state index < -0.39 is 0 Å². The Morgan fingerprint density at radius 2 is 1.73 bits per heavy atom. The number of rotatable bonds is 3. The number of imidazole rings is 1. The van der Waals surface area contributed by atoms with Crippen LogP contribution in [0.25, 0.3) is 5.69 Å². The summed E-state index contributed by atoms with van der Waals surface area (Å²) in [4.78, 5) is 21.1. The summed E-state index contributed by atoms with van der Waals surface area (Å²) in [7, 11) is 0. The largest absolute Gasteiger partial charge is 0.368 e. The standard InChI is InChI=1S/C21H22N4O/c1-17-3-2-4-20(15-17)23-11-13-24(14-12-23)21(26)18-5-7-19(8-6-18)25-10-9-22-16-25/h2-10,15-16H,11-14H2,1H3. The fourth-order valence-electron chi connectivity index (χ4n) is 3.36. The van der Waals surface area contributed by atoms with Gasteiger partial charge in [0, 0.05) is 55.5 Å². The zero-order valence-corrected chi connectivity index (χ0v) is 14.9. The van der Waals surface area contributed by atoms with Crippen LogP contribution in [0.5, 0.6) is 0 Å². The highest BCUT2D eigenvalue weighted by Crippen LogP contribution is 2.19. The Morgan fingerprint density at radius 3 is 2.38 bits per heavy atom. The molecule has 1 amide bonds. The zero-order valence-electron chi connectivity index (χ0n) is 14.9. The molecule has 0 unspecified atom stereocenters. The molecule has 1 aromatic heterocycles. The Morgan fingerprint density at radius 1 is 0.962 bits per heavy atom. The van der Waals surface area contributed by atoms with Gasteiger partial charge in [0.05, 0.1) is 6.33 Å². The van der Waals surface area contributed by atoms with E-state index in [0.29, 0.717) is 0 Å². The maximum atomic E-state index is 12.8. The molecule has 0 spiro atoms. The van der Waals surface area contributed by atoms with Crippen molar-refractivity contribution < 1.29 is 4.79 Å². The molecular weight excluding hydrogens is 324 g/mol. The van der Waals surface area contributed by atoms with Crippen molar-refractivity contribution in [3.63, 3.8) is 0 Å². The van der Waals surface area contributed by atoms with Crippen molar-refractivity contribution in [2.75, 3.05) is 31.1 Å². The van der Waals surface area contributed by atoms with Gasteiger partial charge in [-0.05, 0) is 48.9 Å². The van der Waals surface area contributed by atoms with Crippen molar-refractivity contribution in [1.82, 2.24) is 14.5 Å². The summed E-state index contributed by atoms with van der Waals surface area (Å²) in [6.07, 6.45) is 5.38. The smallest absolute Gasteiger partial charge is 0.253 e. The van der Waals surface area contributed by atoms with Gasteiger partial charge >= 0.3 is 0 Å². The van der Waals surface area contributed by atoms with Crippen molar-refractivity contribution in [2.24, 2.45) is 0 Å². The Kier molecular flexibility index (Phi) is 4.44. The van der Waals surface area contributed by atoms with E-state index in [0.717, 1.165) is 37.4 Å². The maximum absolute atomic E-state index is 12.8. The van der Waals surface area contributed by atoms with Gasteiger partial charge in [-0.2, -0.15) is 0 Å². The summed E-state index contributed by atoms with van der Waals surface area (Å²) >= 11 is 0. The van der Waals surface area contributed by atoms with Crippen LogP contribution in [0, 0.1) is 6.92 Å². The fraction of sp³-hybridized carbons (Fsp3) is 0.238. The van der Waals surface area contributed by atoms with Crippen LogP contribution >= 0.6 is 0 Å². The van der Waals surface area contributed by atoms with Crippen LogP contribution in [0.3, 0.4) is 0 Å². The molecule has 0 radical (unpaired) electrons. The van der Waals surface area contributed by atoms with Crippen LogP contribution in [0.1, 0.15) is 15.9 Å². The lowest BCUT2D eigenvalue weighted by atomic mass is 10.1. The van der Waals surface area contributed by atoms with E-state index in [1.54, 1.807) is 12.5 Å². The number of aromatic nitrogens is 2. The van der Waals surface area contributed by atoms with Gasteiger partial charge in [0.25, 0.3) is 5.91 Å². The summed E-state index contributed by atoms with van der Waals surface area (Å²) in [5.74, 6) is 0.103. The highest BCUT2D eigenvalue weighted by Gasteiger charge is 2.22. The maximum Gasteiger partial charge on any atom is 0.253 e. The molecule has 2 aromatic carbocycles. The quantitative estimate of drug-likeness (QED) is 0.732. The molecule has 5 nitrogen and oxygen atoms in total. The van der Waals surface area contributed by atoms with Gasteiger partial charge in [-0.1, -0.05) is 12.1 Å². The van der Waals surface area contributed by atoms with E-state index in [1.807, 2.05) is 39.9 Å². The number of hydrogen-bond acceptors (Lipinski definition) is 3. The van der Waals surface area contributed by atoms with E-state index in [4.69, 9.17) is 0 Å². The minimum absolute atomic E-state index is 0.103. The van der Waals surface area contributed by atoms with Gasteiger partial charge in [-0.15, -0.1) is 0 Å². The monoisotopic (exact) mass is 346 g/mol. The van der Waals surface area contributed by atoms with E-state index in [1.165, 1.54) is 11.3 Å². The minimum Gasteiger partial charge on any atom is -0.368 e. The highest BCUT2D eigenvalue weighted by atomic mass is 16.2. The highest BCUT2D eigenvalue weighted by molar-refractivity contribution is 5.94. The average molecular weight is 346 g/mol. The first-order chi connectivity index (χ1) is 12.7. The van der Waals surface area contributed by atoms with Gasteiger partial charge in [0.1, 0.15) is 0 Å². The Labute approximate surface area is 153 Å². The predicted octanol–water partition coefficient (Wildman–Crippen LogP) is 3.14. The molecule has 1 saturated heterocycles. The van der Waals surface area contributed by atoms with Crippen LogP contribution in [-0.4, -0.2) is 46.5 Å². The van der Waals surface area contributed by atoms with Crippen LogP contribution in [-0.2, 0) is 0 Å². The molecular formula is C21H22N4O. The lowest BCUT2D eigenvalue weighted by Crippen LogP contribution is -2.48. The lowest BCUT2D eigenvalue weighted by Gasteiger charge is -2.36. The molecule has 132 valence electrons. The summed E-state index contributed by atoms with van der Waals surface area (Å²) in [5, 5.41) is 0. The van der Waals surface area contributed by atoms with Crippen molar-refractivity contribution in [3.05, 3.63) is 78.4 Å². The number of carbonyl (C=O) groups excluding carboxylic acids is 1. The Hall–Kier alpha value is -3.08. The molecule has 0 saturated carbocycles. The topological polar surface area (TPSA) is 41.4 Å². The molecule has 0 aliphatic carbocycles. The van der Waals surface area contributed by atoms with Crippen LogP contribution < -0.4 is 4.90 Å². The molecule has 0 N–H and O–H groups in total. The Balaban J connectivity index is 1.40. The summed E-state index contributed by atoms with van der Waals surface area (Å²) < 4.78 is 1.93. The van der Waals surface area contributed by atoms with E-state index in [2.05, 4.69) is 41.1 Å². The first-order valence-corrected chi connectivity index (χ1v) is 8.90. The summed E-state index contributed by atoms with van der Waals surface area (Å²) in [6, 6.07) is 16.2. The molecule has 4 rings (SSSR count). The van der Waals surface area contributed by atoms with Gasteiger partial charge in [-0.3, -0.25) is 4.79 Å². The number of benzene rings is 2. The second kappa shape index (κ2) is 7.04. The summed E-state index contributed by atoms with van der Waals surface area (Å²) in [6.45, 7) is 5.33. The number of anilines is 1. The molecule has 2 heterocycles. The minimum atomic E-state index is 0.103. The van der Waals surface area contributed by atoms with Gasteiger partial charge < -0.3 is 14.4 Å². The van der Waals surface area contributed by atoms with E-state index in [9.17, 15) is 4.79 Å². The first-order valence-electron chi connectivity index (χ1n) is 8.90. The molecule has 26 heavy (non-hydrogen) atoms. The second-order valence-electron chi connectivity index (χ2n) is 6.64. The van der Waals surface area contributed by atoms with Crippen LogP contribution in [0.15, 0.2) is 67.3 Å². The number of carbonyl (C=O) groups is 1. The third kappa shape index (κ3) is 3.33. The van der Waals surface area contributed by atoms with Gasteiger partial charge in [0.2, 0.25) is 0 Å². The van der Waals surface area contributed by atoms with Gasteiger partial charge in [-0.25, -0.2) is 4.98 Å². The molecule has 0 atom stereocenters. The molecule has 1 aliphatic heterocycles. The molecule has 0 bridgehead atoms. The molecule has 1 aliphatic rings. The predicted molar refractivity (Wildman–Crippen MR) is 103 cm³/mol. The van der Waals surface area contributed by atoms with E-state index in [-0.39, 0.29) is 5.91 Å². The van der Waals surface area contributed by atoms with Crippen molar-refractivity contribution in [2.45, 2.75) is 6.92 Å². The van der Waals surface area contributed by atoms with Gasteiger partial charge in [0.15, 0.2) is 0 Å². The first kappa shape index (κ1) is 16.4. The second-order valence-corrected chi connectivity index (χ2v) is 6.64. The van der Waals surface area contributed by atoms with Crippen molar-refractivity contribution >= 4 is 11.6 Å². The lowest BCUT2D eigenvalue weighted by molar-refractivity contribution is 0.0747. The third-order valence-corrected chi connectivity index (χ3v) is 4.85. The normalized spacial score (nSPS) is 14.5. The van der Waals surface area contributed by atoms with Crippen molar-refractivity contribution in [1.29, 1.82) is 0 Å². The SMILES string of the molecule is Cc1cccc(N2CCN(C(=O)c3ccc(-n4ccnc4)cc3)CC2)c1. The number of nitrogens with zero attached hydrogens (tertiary/aromatic N) is 4.